The lowest BCUT2D eigenvalue weighted by Gasteiger charge is -2.11. The maximum atomic E-state index is 6.21. The minimum atomic E-state index is 0.912. The van der Waals surface area contributed by atoms with Crippen LogP contribution < -0.4 is 0 Å². The van der Waals surface area contributed by atoms with E-state index in [2.05, 4.69) is 179 Å². The highest BCUT2D eigenvalue weighted by Gasteiger charge is 2.20. The molecule has 11 rings (SSSR count). The van der Waals surface area contributed by atoms with Crippen molar-refractivity contribution in [2.24, 2.45) is 0 Å². The van der Waals surface area contributed by atoms with Crippen LogP contribution in [0.15, 0.2) is 186 Å². The summed E-state index contributed by atoms with van der Waals surface area (Å²) in [6.45, 7) is 0. The number of aromatic nitrogens is 2. The minimum Gasteiger partial charge on any atom is -0.456 e. The zero-order valence-electron chi connectivity index (χ0n) is 27.6. The van der Waals surface area contributed by atoms with Gasteiger partial charge in [0.1, 0.15) is 11.2 Å². The highest BCUT2D eigenvalue weighted by atomic mass is 16.3. The molecule has 0 radical (unpaired) electrons. The van der Waals surface area contributed by atoms with Gasteiger partial charge in [-0.15, -0.1) is 0 Å². The second kappa shape index (κ2) is 10.8. The third-order valence-electron chi connectivity index (χ3n) is 10.5. The molecule has 3 aromatic heterocycles. The minimum absolute atomic E-state index is 0.912. The van der Waals surface area contributed by atoms with Crippen LogP contribution in [0.1, 0.15) is 0 Å². The van der Waals surface area contributed by atoms with Crippen LogP contribution in [0.25, 0.3) is 99.2 Å². The van der Waals surface area contributed by atoms with Crippen LogP contribution >= 0.6 is 0 Å². The number of para-hydroxylation sites is 3. The van der Waals surface area contributed by atoms with E-state index in [1.165, 1.54) is 54.7 Å². The van der Waals surface area contributed by atoms with E-state index in [0.29, 0.717) is 0 Å². The molecule has 0 atom stereocenters. The summed E-state index contributed by atoms with van der Waals surface area (Å²) in [6.07, 6.45) is 0. The van der Waals surface area contributed by atoms with Crippen molar-refractivity contribution in [1.82, 2.24) is 9.13 Å². The molecule has 0 spiro atoms. The Hall–Kier alpha value is -6.84. The molecule has 0 fully saturated rings. The molecular weight excluding hydrogens is 621 g/mol. The summed E-state index contributed by atoms with van der Waals surface area (Å²) >= 11 is 0. The number of fused-ring (bicyclic) bond motifs is 10. The fourth-order valence-corrected chi connectivity index (χ4v) is 8.22. The molecule has 0 saturated carbocycles. The van der Waals surface area contributed by atoms with Gasteiger partial charge in [0.2, 0.25) is 0 Å². The Kier molecular flexibility index (Phi) is 5.96. The number of hydrogen-bond donors (Lipinski definition) is 0. The summed E-state index contributed by atoms with van der Waals surface area (Å²) in [5, 5.41) is 7.36. The van der Waals surface area contributed by atoms with Gasteiger partial charge in [-0.05, 0) is 89.0 Å². The predicted octanol–water partition coefficient (Wildman–Crippen LogP) is 13.1. The van der Waals surface area contributed by atoms with Crippen molar-refractivity contribution in [2.45, 2.75) is 0 Å². The highest BCUT2D eigenvalue weighted by molar-refractivity contribution is 6.28. The lowest BCUT2D eigenvalue weighted by atomic mass is 10.0. The van der Waals surface area contributed by atoms with Crippen molar-refractivity contribution in [1.29, 1.82) is 0 Å². The van der Waals surface area contributed by atoms with Crippen molar-refractivity contribution in [3.05, 3.63) is 182 Å². The molecule has 0 bridgehead atoms. The van der Waals surface area contributed by atoms with Crippen molar-refractivity contribution in [3.8, 4) is 33.6 Å². The SMILES string of the molecule is c1ccc(-c2ccc(-n3c4ccccc4c4c5c6ccccc6n(-c6ccc(-c7ccc8c(c7)oc7ccccc78)cc6)c5ccc43)cc2)cc1. The number of rotatable bonds is 4. The van der Waals surface area contributed by atoms with E-state index in [-0.39, 0.29) is 0 Å². The Morgan fingerprint density at radius 2 is 0.745 bits per heavy atom. The van der Waals surface area contributed by atoms with Crippen LogP contribution in [0.3, 0.4) is 0 Å². The van der Waals surface area contributed by atoms with Crippen LogP contribution in [0.2, 0.25) is 0 Å². The maximum absolute atomic E-state index is 6.21. The molecule has 3 heteroatoms. The fraction of sp³-hybridized carbons (Fsp3) is 0. The molecule has 3 nitrogen and oxygen atoms in total. The number of nitrogens with zero attached hydrogens (tertiary/aromatic N) is 2. The van der Waals surface area contributed by atoms with E-state index in [4.69, 9.17) is 4.42 Å². The summed E-state index contributed by atoms with van der Waals surface area (Å²) in [7, 11) is 0. The Morgan fingerprint density at radius 3 is 1.35 bits per heavy atom. The number of benzene rings is 8. The Balaban J connectivity index is 1.08. The standard InChI is InChI=1S/C48H30N2O/c1-2-10-31(11-3-1)32-18-23-35(24-19-32)49-41-15-7-4-13-39(41)47-43(49)28-29-44-48(47)40-14-5-8-16-42(40)50(44)36-25-20-33(21-26-36)34-22-27-38-37-12-6-9-17-45(37)51-46(38)30-34/h1-30H. The molecule has 0 aliphatic rings. The molecule has 11 aromatic rings. The van der Waals surface area contributed by atoms with Crippen LogP contribution in [0.4, 0.5) is 0 Å². The van der Waals surface area contributed by atoms with Crippen LogP contribution in [-0.4, -0.2) is 9.13 Å². The van der Waals surface area contributed by atoms with Gasteiger partial charge in [-0.2, -0.15) is 0 Å². The van der Waals surface area contributed by atoms with Gasteiger partial charge < -0.3 is 13.6 Å². The van der Waals surface area contributed by atoms with Gasteiger partial charge in [-0.25, -0.2) is 0 Å². The molecule has 0 aliphatic heterocycles. The van der Waals surface area contributed by atoms with E-state index in [1.54, 1.807) is 0 Å². The molecule has 238 valence electrons. The third-order valence-corrected chi connectivity index (χ3v) is 10.5. The molecule has 8 aromatic carbocycles. The van der Waals surface area contributed by atoms with E-state index < -0.39 is 0 Å². The average Bonchev–Trinajstić information content (AvgIpc) is 3.85. The monoisotopic (exact) mass is 650 g/mol. The van der Waals surface area contributed by atoms with Crippen molar-refractivity contribution in [3.63, 3.8) is 0 Å². The van der Waals surface area contributed by atoms with Crippen LogP contribution in [0.5, 0.6) is 0 Å². The molecule has 51 heavy (non-hydrogen) atoms. The van der Waals surface area contributed by atoms with E-state index in [0.717, 1.165) is 44.4 Å². The molecule has 0 amide bonds. The molecule has 0 aliphatic carbocycles. The van der Waals surface area contributed by atoms with E-state index in [9.17, 15) is 0 Å². The zero-order chi connectivity index (χ0) is 33.5. The summed E-state index contributed by atoms with van der Waals surface area (Å²) in [5.41, 5.74) is 13.7. The predicted molar refractivity (Wildman–Crippen MR) is 213 cm³/mol. The first-order valence-corrected chi connectivity index (χ1v) is 17.4. The molecule has 0 saturated heterocycles. The topological polar surface area (TPSA) is 23.0 Å². The summed E-state index contributed by atoms with van der Waals surface area (Å²) in [4.78, 5) is 0. The van der Waals surface area contributed by atoms with Crippen LogP contribution in [-0.2, 0) is 0 Å². The van der Waals surface area contributed by atoms with Gasteiger partial charge in [0.15, 0.2) is 0 Å². The first kappa shape index (κ1) is 28.0. The second-order valence-electron chi connectivity index (χ2n) is 13.3. The Bertz CT molecular complexity index is 3100. The Morgan fingerprint density at radius 1 is 0.294 bits per heavy atom. The maximum Gasteiger partial charge on any atom is 0.136 e. The molecular formula is C48H30N2O. The molecule has 0 unspecified atom stereocenters. The number of hydrogen-bond acceptors (Lipinski definition) is 1. The van der Waals surface area contributed by atoms with E-state index >= 15 is 0 Å². The normalized spacial score (nSPS) is 11.9. The largest absolute Gasteiger partial charge is 0.456 e. The zero-order valence-corrected chi connectivity index (χ0v) is 27.6. The first-order chi connectivity index (χ1) is 25.3. The number of furan rings is 1. The van der Waals surface area contributed by atoms with Crippen molar-refractivity contribution < 1.29 is 4.42 Å². The molecule has 0 N–H and O–H groups in total. The van der Waals surface area contributed by atoms with Crippen molar-refractivity contribution in [2.75, 3.05) is 0 Å². The second-order valence-corrected chi connectivity index (χ2v) is 13.3. The summed E-state index contributed by atoms with van der Waals surface area (Å²) < 4.78 is 11.0. The third kappa shape index (κ3) is 4.19. The van der Waals surface area contributed by atoms with Gasteiger partial charge in [0.25, 0.3) is 0 Å². The Labute approximate surface area is 293 Å². The van der Waals surface area contributed by atoms with Crippen molar-refractivity contribution >= 4 is 65.6 Å². The lowest BCUT2D eigenvalue weighted by Crippen LogP contribution is -1.95. The fourth-order valence-electron chi connectivity index (χ4n) is 8.22. The van der Waals surface area contributed by atoms with Crippen LogP contribution in [0, 0.1) is 0 Å². The summed E-state index contributed by atoms with van der Waals surface area (Å²) in [5.74, 6) is 0. The van der Waals surface area contributed by atoms with Gasteiger partial charge in [0.05, 0.1) is 22.1 Å². The smallest absolute Gasteiger partial charge is 0.136 e. The highest BCUT2D eigenvalue weighted by Crippen LogP contribution is 2.42. The van der Waals surface area contributed by atoms with E-state index in [1.807, 2.05) is 12.1 Å². The average molecular weight is 651 g/mol. The van der Waals surface area contributed by atoms with Gasteiger partial charge in [0, 0.05) is 43.7 Å². The quantitative estimate of drug-likeness (QED) is 0.186. The van der Waals surface area contributed by atoms with Gasteiger partial charge in [-0.1, -0.05) is 115 Å². The lowest BCUT2D eigenvalue weighted by molar-refractivity contribution is 0.669. The van der Waals surface area contributed by atoms with Gasteiger partial charge >= 0.3 is 0 Å². The molecule has 3 heterocycles. The van der Waals surface area contributed by atoms with Gasteiger partial charge in [-0.3, -0.25) is 0 Å². The first-order valence-electron chi connectivity index (χ1n) is 17.4. The summed E-state index contributed by atoms with van der Waals surface area (Å²) in [6, 6.07) is 65.5.